The van der Waals surface area contributed by atoms with Crippen LogP contribution < -0.4 is 21.9 Å². The SMILES string of the molecule is CNC(=O)C(C)Nc1ccnc(NN)c1. The van der Waals surface area contributed by atoms with Crippen molar-refractivity contribution in [2.75, 3.05) is 17.8 Å². The number of amides is 1. The number of anilines is 2. The molecular weight excluding hydrogens is 194 g/mol. The molecule has 1 unspecified atom stereocenters. The molecule has 1 aromatic rings. The van der Waals surface area contributed by atoms with Crippen LogP contribution in [0.1, 0.15) is 6.92 Å². The predicted octanol–water partition coefficient (Wildman–Crippen LogP) is -0.0864. The molecule has 82 valence electrons. The first kappa shape index (κ1) is 11.3. The molecule has 15 heavy (non-hydrogen) atoms. The number of aromatic nitrogens is 1. The van der Waals surface area contributed by atoms with Crippen molar-refractivity contribution in [3.8, 4) is 0 Å². The standard InChI is InChI=1S/C9H15N5O/c1-6(9(15)11-2)13-7-3-4-12-8(5-7)14-10/h3-6H,10H2,1-2H3,(H,11,15)(H2,12,13,14). The van der Waals surface area contributed by atoms with Crippen molar-refractivity contribution < 1.29 is 4.79 Å². The van der Waals surface area contributed by atoms with E-state index in [2.05, 4.69) is 21.0 Å². The maximum atomic E-state index is 11.2. The van der Waals surface area contributed by atoms with E-state index in [4.69, 9.17) is 5.84 Å². The molecule has 6 nitrogen and oxygen atoms in total. The second-order valence-corrected chi connectivity index (χ2v) is 3.05. The second-order valence-electron chi connectivity index (χ2n) is 3.05. The maximum Gasteiger partial charge on any atom is 0.241 e. The van der Waals surface area contributed by atoms with Crippen LogP contribution in [0.3, 0.4) is 0 Å². The number of hydrogen-bond acceptors (Lipinski definition) is 5. The molecular formula is C9H15N5O. The summed E-state index contributed by atoms with van der Waals surface area (Å²) in [7, 11) is 1.60. The van der Waals surface area contributed by atoms with E-state index >= 15 is 0 Å². The molecule has 0 aliphatic heterocycles. The number of hydrogen-bond donors (Lipinski definition) is 4. The number of carbonyl (C=O) groups is 1. The van der Waals surface area contributed by atoms with Gasteiger partial charge in [-0.1, -0.05) is 0 Å². The van der Waals surface area contributed by atoms with Gasteiger partial charge in [0.25, 0.3) is 0 Å². The molecule has 0 saturated carbocycles. The molecule has 5 N–H and O–H groups in total. The van der Waals surface area contributed by atoms with E-state index in [1.807, 2.05) is 0 Å². The van der Waals surface area contributed by atoms with Crippen molar-refractivity contribution in [3.05, 3.63) is 18.3 Å². The first-order chi connectivity index (χ1) is 7.17. The van der Waals surface area contributed by atoms with Crippen molar-refractivity contribution in [1.29, 1.82) is 0 Å². The molecule has 1 rings (SSSR count). The van der Waals surface area contributed by atoms with Crippen molar-refractivity contribution in [1.82, 2.24) is 10.3 Å². The highest BCUT2D eigenvalue weighted by molar-refractivity contribution is 5.83. The Morgan fingerprint density at radius 1 is 1.60 bits per heavy atom. The number of hydrazine groups is 1. The minimum Gasteiger partial charge on any atom is -0.374 e. The summed E-state index contributed by atoms with van der Waals surface area (Å²) in [6.07, 6.45) is 1.61. The number of nitrogens with two attached hydrogens (primary N) is 1. The van der Waals surface area contributed by atoms with Gasteiger partial charge in [0.15, 0.2) is 0 Å². The van der Waals surface area contributed by atoms with Crippen molar-refractivity contribution in [3.63, 3.8) is 0 Å². The second kappa shape index (κ2) is 5.16. The fourth-order valence-corrected chi connectivity index (χ4v) is 1.13. The third-order valence-corrected chi connectivity index (χ3v) is 1.93. The monoisotopic (exact) mass is 209 g/mol. The summed E-state index contributed by atoms with van der Waals surface area (Å²) in [5.74, 6) is 5.69. The molecule has 0 aliphatic carbocycles. The van der Waals surface area contributed by atoms with Crippen LogP contribution in [0.2, 0.25) is 0 Å². The summed E-state index contributed by atoms with van der Waals surface area (Å²) in [4.78, 5) is 15.2. The third kappa shape index (κ3) is 3.10. The van der Waals surface area contributed by atoms with Crippen LogP contribution in [0.5, 0.6) is 0 Å². The zero-order valence-electron chi connectivity index (χ0n) is 8.74. The normalized spacial score (nSPS) is 11.7. The highest BCUT2D eigenvalue weighted by Crippen LogP contribution is 2.11. The molecule has 1 heterocycles. The van der Waals surface area contributed by atoms with Crippen LogP contribution in [0.15, 0.2) is 18.3 Å². The van der Waals surface area contributed by atoms with Gasteiger partial charge in [0.2, 0.25) is 5.91 Å². The molecule has 1 atom stereocenters. The Morgan fingerprint density at radius 3 is 2.93 bits per heavy atom. The lowest BCUT2D eigenvalue weighted by Gasteiger charge is -2.13. The van der Waals surface area contributed by atoms with Crippen molar-refractivity contribution in [2.45, 2.75) is 13.0 Å². The van der Waals surface area contributed by atoms with Gasteiger partial charge in [0.1, 0.15) is 11.9 Å². The summed E-state index contributed by atoms with van der Waals surface area (Å²) in [5, 5.41) is 5.58. The first-order valence-corrected chi connectivity index (χ1v) is 4.58. The highest BCUT2D eigenvalue weighted by atomic mass is 16.2. The van der Waals surface area contributed by atoms with E-state index in [0.717, 1.165) is 5.69 Å². The Hall–Kier alpha value is -1.82. The lowest BCUT2D eigenvalue weighted by Crippen LogP contribution is -2.35. The lowest BCUT2D eigenvalue weighted by atomic mass is 10.3. The molecule has 1 aromatic heterocycles. The largest absolute Gasteiger partial charge is 0.374 e. The lowest BCUT2D eigenvalue weighted by molar-refractivity contribution is -0.121. The zero-order valence-corrected chi connectivity index (χ0v) is 8.74. The topological polar surface area (TPSA) is 92.1 Å². The number of likely N-dealkylation sites (N-methyl/N-ethyl adjacent to an activating group) is 1. The van der Waals surface area contributed by atoms with E-state index in [-0.39, 0.29) is 11.9 Å². The van der Waals surface area contributed by atoms with Gasteiger partial charge in [-0.2, -0.15) is 0 Å². The summed E-state index contributed by atoms with van der Waals surface area (Å²) in [6, 6.07) is 3.18. The van der Waals surface area contributed by atoms with Gasteiger partial charge in [-0.25, -0.2) is 10.8 Å². The van der Waals surface area contributed by atoms with Gasteiger partial charge in [-0.15, -0.1) is 0 Å². The maximum absolute atomic E-state index is 11.2. The number of nitrogens with one attached hydrogen (secondary N) is 3. The number of rotatable bonds is 4. The van der Waals surface area contributed by atoms with Gasteiger partial charge >= 0.3 is 0 Å². The van der Waals surface area contributed by atoms with Crippen molar-refractivity contribution in [2.24, 2.45) is 5.84 Å². The number of nitrogens with zero attached hydrogens (tertiary/aromatic N) is 1. The fraction of sp³-hybridized carbons (Fsp3) is 0.333. The molecule has 6 heteroatoms. The Morgan fingerprint density at radius 2 is 2.33 bits per heavy atom. The van der Waals surface area contributed by atoms with Crippen LogP contribution in [0.25, 0.3) is 0 Å². The molecule has 0 aromatic carbocycles. The molecule has 0 saturated heterocycles. The van der Waals surface area contributed by atoms with E-state index in [1.54, 1.807) is 32.3 Å². The fourth-order valence-electron chi connectivity index (χ4n) is 1.13. The summed E-state index contributed by atoms with van der Waals surface area (Å²) < 4.78 is 0. The van der Waals surface area contributed by atoms with E-state index in [0.29, 0.717) is 5.82 Å². The third-order valence-electron chi connectivity index (χ3n) is 1.93. The van der Waals surface area contributed by atoms with Crippen LogP contribution in [0, 0.1) is 0 Å². The number of nitrogen functional groups attached to an aromatic ring is 1. The Kier molecular flexibility index (Phi) is 3.87. The van der Waals surface area contributed by atoms with Gasteiger partial charge < -0.3 is 16.1 Å². The summed E-state index contributed by atoms with van der Waals surface area (Å²) in [5.41, 5.74) is 3.22. The minimum absolute atomic E-state index is 0.0749. The molecule has 0 aliphatic rings. The van der Waals surface area contributed by atoms with E-state index in [1.165, 1.54) is 0 Å². The van der Waals surface area contributed by atoms with Crippen LogP contribution in [-0.2, 0) is 4.79 Å². The molecule has 1 amide bonds. The van der Waals surface area contributed by atoms with Gasteiger partial charge in [0.05, 0.1) is 0 Å². The summed E-state index contributed by atoms with van der Waals surface area (Å²) >= 11 is 0. The Bertz CT molecular complexity index is 341. The van der Waals surface area contributed by atoms with Crippen LogP contribution in [-0.4, -0.2) is 24.0 Å². The smallest absolute Gasteiger partial charge is 0.241 e. The van der Waals surface area contributed by atoms with Gasteiger partial charge in [0, 0.05) is 25.0 Å². The van der Waals surface area contributed by atoms with Crippen LogP contribution >= 0.6 is 0 Å². The molecule has 0 bridgehead atoms. The average Bonchev–Trinajstić information content (AvgIpc) is 2.28. The average molecular weight is 209 g/mol. The predicted molar refractivity (Wildman–Crippen MR) is 59.2 cm³/mol. The molecule has 0 spiro atoms. The highest BCUT2D eigenvalue weighted by Gasteiger charge is 2.10. The Labute approximate surface area is 88.2 Å². The van der Waals surface area contributed by atoms with Gasteiger partial charge in [-0.3, -0.25) is 4.79 Å². The molecule has 0 radical (unpaired) electrons. The minimum atomic E-state index is -0.303. The Balaban J connectivity index is 2.67. The number of carbonyl (C=O) groups excluding carboxylic acids is 1. The van der Waals surface area contributed by atoms with Crippen molar-refractivity contribution >= 4 is 17.4 Å². The summed E-state index contributed by atoms with van der Waals surface area (Å²) in [6.45, 7) is 1.77. The van der Waals surface area contributed by atoms with E-state index < -0.39 is 0 Å². The van der Waals surface area contributed by atoms with E-state index in [9.17, 15) is 4.79 Å². The zero-order chi connectivity index (χ0) is 11.3. The number of pyridine rings is 1. The quantitative estimate of drug-likeness (QED) is 0.411. The molecule has 0 fully saturated rings. The van der Waals surface area contributed by atoms with Gasteiger partial charge in [-0.05, 0) is 13.0 Å². The van der Waals surface area contributed by atoms with Crippen LogP contribution in [0.4, 0.5) is 11.5 Å². The first-order valence-electron chi connectivity index (χ1n) is 4.58.